The average molecular weight is 296 g/mol. The van der Waals surface area contributed by atoms with Crippen LogP contribution in [-0.2, 0) is 22.9 Å². The molecule has 0 aromatic heterocycles. The van der Waals surface area contributed by atoms with E-state index in [0.717, 1.165) is 43.4 Å². The van der Waals surface area contributed by atoms with Crippen LogP contribution in [-0.4, -0.2) is 27.3 Å². The Balaban J connectivity index is 2.28. The van der Waals surface area contributed by atoms with Gasteiger partial charge >= 0.3 is 0 Å². The number of fused-ring (bicyclic) bond motifs is 1. The summed E-state index contributed by atoms with van der Waals surface area (Å²) in [5, 5.41) is 0. The second-order valence-electron chi connectivity index (χ2n) is 5.35. The predicted molar refractivity (Wildman–Crippen MR) is 83.6 cm³/mol. The Kier molecular flexibility index (Phi) is 5.05. The maximum atomic E-state index is 12.4. The molecule has 1 heterocycles. The van der Waals surface area contributed by atoms with Crippen LogP contribution in [0.3, 0.4) is 0 Å². The number of hydrogen-bond acceptors (Lipinski definition) is 3. The summed E-state index contributed by atoms with van der Waals surface area (Å²) in [5.74, 6) is 0.244. The van der Waals surface area contributed by atoms with E-state index in [1.54, 1.807) is 4.31 Å². The molecule has 0 radical (unpaired) electrons. The fourth-order valence-electron chi connectivity index (χ4n) is 2.66. The summed E-state index contributed by atoms with van der Waals surface area (Å²) in [6.45, 7) is 3.24. The summed E-state index contributed by atoms with van der Waals surface area (Å²) in [6, 6.07) is 6.06. The number of anilines is 1. The van der Waals surface area contributed by atoms with Gasteiger partial charge in [0.05, 0.1) is 11.4 Å². The topological polar surface area (TPSA) is 63.4 Å². The highest BCUT2D eigenvalue weighted by molar-refractivity contribution is 7.92. The monoisotopic (exact) mass is 296 g/mol. The Hall–Kier alpha value is -1.07. The van der Waals surface area contributed by atoms with E-state index in [9.17, 15) is 8.42 Å². The molecule has 4 nitrogen and oxygen atoms in total. The smallest absolute Gasteiger partial charge is 0.235 e. The first kappa shape index (κ1) is 15.3. The highest BCUT2D eigenvalue weighted by Crippen LogP contribution is 2.30. The normalized spacial score (nSPS) is 15.2. The Labute approximate surface area is 122 Å². The summed E-state index contributed by atoms with van der Waals surface area (Å²) in [5.41, 5.74) is 8.78. The fourth-order valence-corrected chi connectivity index (χ4v) is 4.42. The third kappa shape index (κ3) is 3.33. The maximum absolute atomic E-state index is 12.4. The van der Waals surface area contributed by atoms with Crippen LogP contribution in [0.25, 0.3) is 0 Å². The lowest BCUT2D eigenvalue weighted by molar-refractivity contribution is 0.583. The van der Waals surface area contributed by atoms with Crippen molar-refractivity contribution in [3.05, 3.63) is 29.3 Å². The first-order valence-corrected chi connectivity index (χ1v) is 9.01. The van der Waals surface area contributed by atoms with E-state index in [-0.39, 0.29) is 5.75 Å². The molecule has 2 rings (SSSR count). The molecule has 0 saturated carbocycles. The third-order valence-electron chi connectivity index (χ3n) is 3.74. The number of aryl methyl sites for hydroxylation is 1. The Morgan fingerprint density at radius 1 is 1.35 bits per heavy atom. The summed E-state index contributed by atoms with van der Waals surface area (Å²) >= 11 is 0. The summed E-state index contributed by atoms with van der Waals surface area (Å²) in [7, 11) is -3.18. The van der Waals surface area contributed by atoms with Gasteiger partial charge in [0.2, 0.25) is 10.0 Å². The molecule has 1 aromatic carbocycles. The van der Waals surface area contributed by atoms with Crippen LogP contribution < -0.4 is 10.0 Å². The van der Waals surface area contributed by atoms with Crippen molar-refractivity contribution in [3.63, 3.8) is 0 Å². The van der Waals surface area contributed by atoms with E-state index in [2.05, 4.69) is 6.07 Å². The van der Waals surface area contributed by atoms with Crippen LogP contribution in [0.2, 0.25) is 0 Å². The minimum Gasteiger partial charge on any atom is -0.330 e. The molecule has 1 aliphatic heterocycles. The number of unbranched alkanes of at least 4 members (excludes halogenated alkanes) is 1. The lowest BCUT2D eigenvalue weighted by Crippen LogP contribution is -2.37. The van der Waals surface area contributed by atoms with E-state index in [4.69, 9.17) is 5.73 Å². The summed E-state index contributed by atoms with van der Waals surface area (Å²) in [6.07, 6.45) is 4.31. The number of hydrogen-bond donors (Lipinski definition) is 1. The first-order chi connectivity index (χ1) is 9.58. The second-order valence-corrected chi connectivity index (χ2v) is 7.36. The molecule has 2 N–H and O–H groups in total. The predicted octanol–water partition coefficient (Wildman–Crippen LogP) is 2.07. The van der Waals surface area contributed by atoms with Gasteiger partial charge in [-0.1, -0.05) is 25.5 Å². The van der Waals surface area contributed by atoms with Crippen LogP contribution in [0.15, 0.2) is 18.2 Å². The van der Waals surface area contributed by atoms with Crippen molar-refractivity contribution in [3.8, 4) is 0 Å². The maximum Gasteiger partial charge on any atom is 0.235 e. The van der Waals surface area contributed by atoms with Gasteiger partial charge in [0.1, 0.15) is 0 Å². The van der Waals surface area contributed by atoms with Gasteiger partial charge < -0.3 is 5.73 Å². The van der Waals surface area contributed by atoms with Crippen LogP contribution in [0.4, 0.5) is 5.69 Å². The number of benzene rings is 1. The molecule has 0 spiro atoms. The molecular weight excluding hydrogens is 272 g/mol. The molecule has 112 valence electrons. The quantitative estimate of drug-likeness (QED) is 0.874. The highest BCUT2D eigenvalue weighted by atomic mass is 32.2. The Morgan fingerprint density at radius 3 is 2.85 bits per heavy atom. The zero-order valence-corrected chi connectivity index (χ0v) is 13.0. The van der Waals surface area contributed by atoms with E-state index in [0.29, 0.717) is 13.1 Å². The molecule has 5 heteroatoms. The molecule has 0 unspecified atom stereocenters. The second kappa shape index (κ2) is 6.59. The van der Waals surface area contributed by atoms with Gasteiger partial charge in [0.25, 0.3) is 0 Å². The third-order valence-corrected chi connectivity index (χ3v) is 5.60. The molecule has 0 saturated heterocycles. The standard InChI is InChI=1S/C15H24N2O2S/c1-2-3-11-20(18,19)17-10-4-5-14-12-13(8-9-16)6-7-15(14)17/h6-7,12H,2-5,8-11,16H2,1H3. The van der Waals surface area contributed by atoms with Gasteiger partial charge in [-0.3, -0.25) is 4.31 Å². The lowest BCUT2D eigenvalue weighted by Gasteiger charge is -2.31. The number of nitrogens with zero attached hydrogens (tertiary/aromatic N) is 1. The zero-order chi connectivity index (χ0) is 14.6. The molecule has 1 aliphatic rings. The van der Waals surface area contributed by atoms with E-state index < -0.39 is 10.0 Å². The first-order valence-electron chi connectivity index (χ1n) is 7.40. The largest absolute Gasteiger partial charge is 0.330 e. The van der Waals surface area contributed by atoms with E-state index >= 15 is 0 Å². The molecule has 1 aromatic rings. The highest BCUT2D eigenvalue weighted by Gasteiger charge is 2.26. The molecular formula is C15H24N2O2S. The number of sulfonamides is 1. The molecule has 0 fully saturated rings. The van der Waals surface area contributed by atoms with Crippen molar-refractivity contribution in [2.45, 2.75) is 39.0 Å². The van der Waals surface area contributed by atoms with Gasteiger partial charge in [-0.25, -0.2) is 8.42 Å². The number of nitrogens with two attached hydrogens (primary N) is 1. The van der Waals surface area contributed by atoms with Gasteiger partial charge in [0.15, 0.2) is 0 Å². The Morgan fingerprint density at radius 2 is 2.15 bits per heavy atom. The van der Waals surface area contributed by atoms with E-state index in [1.165, 1.54) is 5.56 Å². The van der Waals surface area contributed by atoms with Crippen molar-refractivity contribution < 1.29 is 8.42 Å². The van der Waals surface area contributed by atoms with Gasteiger partial charge in [-0.05, 0) is 49.4 Å². The molecule has 0 amide bonds. The summed E-state index contributed by atoms with van der Waals surface area (Å²) < 4.78 is 26.5. The van der Waals surface area contributed by atoms with Crippen LogP contribution in [0, 0.1) is 0 Å². The summed E-state index contributed by atoms with van der Waals surface area (Å²) in [4.78, 5) is 0. The SMILES string of the molecule is CCCCS(=O)(=O)N1CCCc2cc(CCN)ccc21. The van der Waals surface area contributed by atoms with Crippen molar-refractivity contribution in [1.82, 2.24) is 0 Å². The molecule has 0 aliphatic carbocycles. The molecule has 20 heavy (non-hydrogen) atoms. The van der Waals surface area contributed by atoms with Crippen LogP contribution in [0.5, 0.6) is 0 Å². The van der Waals surface area contributed by atoms with Gasteiger partial charge in [0, 0.05) is 6.54 Å². The van der Waals surface area contributed by atoms with Crippen molar-refractivity contribution in [2.75, 3.05) is 23.1 Å². The lowest BCUT2D eigenvalue weighted by atomic mass is 9.99. The van der Waals surface area contributed by atoms with Crippen LogP contribution in [0.1, 0.15) is 37.3 Å². The molecule has 0 bridgehead atoms. The minimum absolute atomic E-state index is 0.244. The van der Waals surface area contributed by atoms with Crippen molar-refractivity contribution in [2.24, 2.45) is 5.73 Å². The van der Waals surface area contributed by atoms with Gasteiger partial charge in [-0.2, -0.15) is 0 Å². The van der Waals surface area contributed by atoms with Crippen LogP contribution >= 0.6 is 0 Å². The zero-order valence-electron chi connectivity index (χ0n) is 12.1. The molecule has 0 atom stereocenters. The fraction of sp³-hybridized carbons (Fsp3) is 0.600. The van der Waals surface area contributed by atoms with Gasteiger partial charge in [-0.15, -0.1) is 0 Å². The van der Waals surface area contributed by atoms with Crippen molar-refractivity contribution in [1.29, 1.82) is 0 Å². The van der Waals surface area contributed by atoms with Crippen molar-refractivity contribution >= 4 is 15.7 Å². The minimum atomic E-state index is -3.18. The number of rotatable bonds is 6. The van der Waals surface area contributed by atoms with E-state index in [1.807, 2.05) is 19.1 Å². The average Bonchev–Trinajstić information content (AvgIpc) is 2.44. The Bertz CT molecular complexity index is 555.